The van der Waals surface area contributed by atoms with E-state index in [1.165, 1.54) is 11.1 Å². The third kappa shape index (κ3) is 4.06. The fourth-order valence-corrected chi connectivity index (χ4v) is 2.67. The van der Waals surface area contributed by atoms with Crippen molar-refractivity contribution in [1.29, 1.82) is 0 Å². The second-order valence-corrected chi connectivity index (χ2v) is 5.61. The fraction of sp³-hybridized carbons (Fsp3) is 0.562. The topological polar surface area (TPSA) is 23.6 Å². The van der Waals surface area contributed by atoms with Crippen molar-refractivity contribution in [3.8, 4) is 0 Å². The molecule has 1 aromatic carbocycles. The molecule has 1 heterocycles. The first-order valence-corrected chi connectivity index (χ1v) is 7.17. The molecule has 0 radical (unpaired) electrons. The highest BCUT2D eigenvalue weighted by molar-refractivity contribution is 5.46. The third-order valence-electron chi connectivity index (χ3n) is 3.95. The average molecular weight is 260 g/mol. The van der Waals surface area contributed by atoms with Crippen molar-refractivity contribution in [3.63, 3.8) is 0 Å². The van der Waals surface area contributed by atoms with Gasteiger partial charge in [-0.15, -0.1) is 0 Å². The van der Waals surface area contributed by atoms with Gasteiger partial charge in [-0.2, -0.15) is 0 Å². The molecule has 0 aromatic heterocycles. The zero-order valence-electron chi connectivity index (χ0n) is 12.0. The van der Waals surface area contributed by atoms with Crippen molar-refractivity contribution >= 4 is 6.41 Å². The summed E-state index contributed by atoms with van der Waals surface area (Å²) in [6.45, 7) is 9.35. The monoisotopic (exact) mass is 260 g/mol. The summed E-state index contributed by atoms with van der Waals surface area (Å²) in [5, 5.41) is 0. The highest BCUT2D eigenvalue weighted by Crippen LogP contribution is 2.18. The standard InChI is InChI=1S/C16H24N2O/c1-14-4-6-16(7-5-14)15(2)12-17-8-3-9-18(13-19)11-10-17/h4-7,13,15H,3,8-12H2,1-2H3. The predicted octanol–water partition coefficient (Wildman–Crippen LogP) is 2.26. The summed E-state index contributed by atoms with van der Waals surface area (Å²) in [6, 6.07) is 8.83. The van der Waals surface area contributed by atoms with Gasteiger partial charge in [-0.3, -0.25) is 4.79 Å². The molecule has 1 amide bonds. The quantitative estimate of drug-likeness (QED) is 0.775. The smallest absolute Gasteiger partial charge is 0.209 e. The molecule has 19 heavy (non-hydrogen) atoms. The average Bonchev–Trinajstić information content (AvgIpc) is 2.64. The summed E-state index contributed by atoms with van der Waals surface area (Å²) < 4.78 is 0. The molecule has 1 fully saturated rings. The number of carbonyl (C=O) groups is 1. The normalized spacial score (nSPS) is 18.9. The van der Waals surface area contributed by atoms with E-state index in [2.05, 4.69) is 43.0 Å². The Hall–Kier alpha value is -1.35. The lowest BCUT2D eigenvalue weighted by molar-refractivity contribution is -0.118. The zero-order valence-corrected chi connectivity index (χ0v) is 12.0. The van der Waals surface area contributed by atoms with Crippen LogP contribution in [-0.2, 0) is 4.79 Å². The Kier molecular flexibility index (Phi) is 4.97. The first-order chi connectivity index (χ1) is 9.19. The summed E-state index contributed by atoms with van der Waals surface area (Å²) in [6.07, 6.45) is 2.06. The zero-order chi connectivity index (χ0) is 13.7. The molecule has 104 valence electrons. The number of carbonyl (C=O) groups excluding carboxylic acids is 1. The van der Waals surface area contributed by atoms with Crippen LogP contribution in [0.2, 0.25) is 0 Å². The molecule has 1 unspecified atom stereocenters. The number of rotatable bonds is 4. The molecule has 1 atom stereocenters. The molecule has 1 saturated heterocycles. The minimum absolute atomic E-state index is 0.545. The Morgan fingerprint density at radius 1 is 1.16 bits per heavy atom. The van der Waals surface area contributed by atoms with E-state index in [-0.39, 0.29) is 0 Å². The van der Waals surface area contributed by atoms with Gasteiger partial charge in [0, 0.05) is 26.2 Å². The van der Waals surface area contributed by atoms with Gasteiger partial charge in [0.1, 0.15) is 0 Å². The lowest BCUT2D eigenvalue weighted by Crippen LogP contribution is -2.32. The maximum Gasteiger partial charge on any atom is 0.209 e. The van der Waals surface area contributed by atoms with Crippen LogP contribution in [-0.4, -0.2) is 48.9 Å². The van der Waals surface area contributed by atoms with Gasteiger partial charge in [0.05, 0.1) is 0 Å². The molecule has 2 rings (SSSR count). The first kappa shape index (κ1) is 14.1. The number of benzene rings is 1. The summed E-state index contributed by atoms with van der Waals surface area (Å²) in [7, 11) is 0. The Morgan fingerprint density at radius 2 is 1.89 bits per heavy atom. The highest BCUT2D eigenvalue weighted by atomic mass is 16.1. The number of hydrogen-bond acceptors (Lipinski definition) is 2. The van der Waals surface area contributed by atoms with Crippen molar-refractivity contribution < 1.29 is 4.79 Å². The van der Waals surface area contributed by atoms with Gasteiger partial charge in [-0.05, 0) is 31.4 Å². The molecule has 1 aromatic rings. The molecule has 3 nitrogen and oxygen atoms in total. The van der Waals surface area contributed by atoms with E-state index < -0.39 is 0 Å². The van der Waals surface area contributed by atoms with E-state index in [1.54, 1.807) is 0 Å². The van der Waals surface area contributed by atoms with E-state index in [9.17, 15) is 4.79 Å². The van der Waals surface area contributed by atoms with Crippen molar-refractivity contribution in [1.82, 2.24) is 9.80 Å². The summed E-state index contributed by atoms with van der Waals surface area (Å²) in [4.78, 5) is 15.2. The van der Waals surface area contributed by atoms with Crippen LogP contribution in [0.4, 0.5) is 0 Å². The Balaban J connectivity index is 1.89. The van der Waals surface area contributed by atoms with Crippen LogP contribution in [0.25, 0.3) is 0 Å². The fourth-order valence-electron chi connectivity index (χ4n) is 2.67. The van der Waals surface area contributed by atoms with Gasteiger partial charge in [-0.1, -0.05) is 36.8 Å². The number of aryl methyl sites for hydroxylation is 1. The number of hydrogen-bond donors (Lipinski definition) is 0. The van der Waals surface area contributed by atoms with E-state index in [0.717, 1.165) is 45.6 Å². The van der Waals surface area contributed by atoms with Gasteiger partial charge in [-0.25, -0.2) is 0 Å². The Bertz CT molecular complexity index is 402. The summed E-state index contributed by atoms with van der Waals surface area (Å²) in [5.74, 6) is 0.545. The van der Waals surface area contributed by atoms with Crippen molar-refractivity contribution in [3.05, 3.63) is 35.4 Å². The maximum absolute atomic E-state index is 10.8. The van der Waals surface area contributed by atoms with Crippen LogP contribution in [0.1, 0.15) is 30.4 Å². The van der Waals surface area contributed by atoms with E-state index in [0.29, 0.717) is 5.92 Å². The van der Waals surface area contributed by atoms with Crippen molar-refractivity contribution in [2.45, 2.75) is 26.2 Å². The molecule has 0 spiro atoms. The lowest BCUT2D eigenvalue weighted by atomic mass is 9.99. The van der Waals surface area contributed by atoms with Crippen LogP contribution < -0.4 is 0 Å². The van der Waals surface area contributed by atoms with Gasteiger partial charge in [0.25, 0.3) is 0 Å². The minimum atomic E-state index is 0.545. The maximum atomic E-state index is 10.8. The highest BCUT2D eigenvalue weighted by Gasteiger charge is 2.16. The summed E-state index contributed by atoms with van der Waals surface area (Å²) >= 11 is 0. The Morgan fingerprint density at radius 3 is 2.58 bits per heavy atom. The second kappa shape index (κ2) is 6.71. The SMILES string of the molecule is Cc1ccc(C(C)CN2CCCN(C=O)CC2)cc1. The van der Waals surface area contributed by atoms with E-state index >= 15 is 0 Å². The van der Waals surface area contributed by atoms with Crippen LogP contribution in [0, 0.1) is 6.92 Å². The van der Waals surface area contributed by atoms with Crippen LogP contribution in [0.3, 0.4) is 0 Å². The molecule has 0 N–H and O–H groups in total. The largest absolute Gasteiger partial charge is 0.344 e. The minimum Gasteiger partial charge on any atom is -0.344 e. The number of amides is 1. The van der Waals surface area contributed by atoms with Gasteiger partial charge >= 0.3 is 0 Å². The van der Waals surface area contributed by atoms with Crippen LogP contribution >= 0.6 is 0 Å². The number of nitrogens with zero attached hydrogens (tertiary/aromatic N) is 2. The van der Waals surface area contributed by atoms with E-state index in [4.69, 9.17) is 0 Å². The van der Waals surface area contributed by atoms with Crippen LogP contribution in [0.5, 0.6) is 0 Å². The van der Waals surface area contributed by atoms with Gasteiger partial charge in [0.15, 0.2) is 0 Å². The predicted molar refractivity (Wildman–Crippen MR) is 78.3 cm³/mol. The molecule has 3 heteroatoms. The lowest BCUT2D eigenvalue weighted by Gasteiger charge is -2.24. The summed E-state index contributed by atoms with van der Waals surface area (Å²) in [5.41, 5.74) is 2.72. The molecular formula is C16H24N2O. The van der Waals surface area contributed by atoms with Crippen molar-refractivity contribution in [2.24, 2.45) is 0 Å². The molecule has 0 aliphatic carbocycles. The van der Waals surface area contributed by atoms with Crippen molar-refractivity contribution in [2.75, 3.05) is 32.7 Å². The molecule has 0 saturated carbocycles. The van der Waals surface area contributed by atoms with E-state index in [1.807, 2.05) is 4.90 Å². The molecule has 0 bridgehead atoms. The molecule has 1 aliphatic heterocycles. The molecule has 1 aliphatic rings. The van der Waals surface area contributed by atoms with Gasteiger partial charge in [0.2, 0.25) is 6.41 Å². The first-order valence-electron chi connectivity index (χ1n) is 7.17. The Labute approximate surface area is 116 Å². The van der Waals surface area contributed by atoms with Gasteiger partial charge < -0.3 is 9.80 Å². The van der Waals surface area contributed by atoms with Crippen LogP contribution in [0.15, 0.2) is 24.3 Å². The molecular weight excluding hydrogens is 236 g/mol. The third-order valence-corrected chi connectivity index (χ3v) is 3.95. The second-order valence-electron chi connectivity index (χ2n) is 5.61.